The quantitative estimate of drug-likeness (QED) is 0.518. The number of aliphatic hydroxyl groups is 3. The Labute approximate surface area is 101 Å². The zero-order valence-electron chi connectivity index (χ0n) is 10.3. The van der Waals surface area contributed by atoms with Crippen LogP contribution in [-0.2, 0) is 18.1 Å². The van der Waals surface area contributed by atoms with Crippen molar-refractivity contribution < 1.29 is 33.5 Å². The van der Waals surface area contributed by atoms with E-state index in [1.54, 1.807) is 0 Å². The molecule has 0 fully saturated rings. The van der Waals surface area contributed by atoms with Crippen LogP contribution in [0.3, 0.4) is 0 Å². The van der Waals surface area contributed by atoms with Crippen molar-refractivity contribution >= 4 is 7.82 Å². The molecule has 8 heteroatoms. The van der Waals surface area contributed by atoms with Gasteiger partial charge in [0.2, 0.25) is 0 Å². The van der Waals surface area contributed by atoms with Gasteiger partial charge >= 0.3 is 7.82 Å². The Kier molecular flexibility index (Phi) is 8.15. The van der Waals surface area contributed by atoms with Gasteiger partial charge in [0.25, 0.3) is 0 Å². The van der Waals surface area contributed by atoms with Gasteiger partial charge in [-0.15, -0.1) is 0 Å². The zero-order chi connectivity index (χ0) is 13.5. The third-order valence-corrected chi connectivity index (χ3v) is 3.55. The van der Waals surface area contributed by atoms with E-state index >= 15 is 0 Å². The maximum absolute atomic E-state index is 12.1. The van der Waals surface area contributed by atoms with Crippen molar-refractivity contribution in [1.82, 2.24) is 0 Å². The van der Waals surface area contributed by atoms with Crippen LogP contribution in [0.1, 0.15) is 20.8 Å². The molecule has 104 valence electrons. The summed E-state index contributed by atoms with van der Waals surface area (Å²) in [5, 5.41) is 26.5. The molecule has 3 unspecified atom stereocenters. The van der Waals surface area contributed by atoms with Gasteiger partial charge in [0.05, 0.1) is 38.1 Å². The molecular weight excluding hydrogens is 251 g/mol. The molecule has 0 heterocycles. The third kappa shape index (κ3) is 7.10. The highest BCUT2D eigenvalue weighted by molar-refractivity contribution is 7.48. The smallest absolute Gasteiger partial charge is 0.394 e. The molecule has 0 amide bonds. The molecule has 0 aliphatic carbocycles. The lowest BCUT2D eigenvalue weighted by Crippen LogP contribution is -2.21. The Morgan fingerprint density at radius 3 is 1.24 bits per heavy atom. The SMILES string of the molecule is CC(CO)OP(=O)(OC(C)CO)OC(C)CO. The summed E-state index contributed by atoms with van der Waals surface area (Å²) < 4.78 is 27.0. The maximum atomic E-state index is 12.1. The standard InChI is InChI=1S/C9H21O7P/c1-7(4-10)14-17(13,15-8(2)5-11)16-9(3)6-12/h7-12H,4-6H2,1-3H3. The molecule has 3 atom stereocenters. The van der Waals surface area contributed by atoms with Gasteiger partial charge in [-0.25, -0.2) is 4.57 Å². The van der Waals surface area contributed by atoms with Crippen LogP contribution in [0.15, 0.2) is 0 Å². The van der Waals surface area contributed by atoms with Gasteiger partial charge in [-0.3, -0.25) is 13.6 Å². The molecular formula is C9H21O7P. The van der Waals surface area contributed by atoms with Crippen molar-refractivity contribution in [3.8, 4) is 0 Å². The van der Waals surface area contributed by atoms with Gasteiger partial charge in [-0.1, -0.05) is 0 Å². The second-order valence-corrected chi connectivity index (χ2v) is 5.27. The molecule has 0 aliphatic heterocycles. The first-order valence-electron chi connectivity index (χ1n) is 5.34. The Morgan fingerprint density at radius 2 is 1.06 bits per heavy atom. The number of aliphatic hydroxyl groups excluding tert-OH is 3. The van der Waals surface area contributed by atoms with Crippen molar-refractivity contribution in [2.45, 2.75) is 39.1 Å². The summed E-state index contributed by atoms with van der Waals surface area (Å²) in [7, 11) is -3.92. The van der Waals surface area contributed by atoms with Gasteiger partial charge in [-0.2, -0.15) is 0 Å². The van der Waals surface area contributed by atoms with Crippen LogP contribution in [0, 0.1) is 0 Å². The monoisotopic (exact) mass is 272 g/mol. The molecule has 0 aliphatic rings. The molecule has 0 aromatic carbocycles. The number of hydrogen-bond acceptors (Lipinski definition) is 7. The molecule has 0 bridgehead atoms. The lowest BCUT2D eigenvalue weighted by molar-refractivity contribution is 0.00426. The van der Waals surface area contributed by atoms with E-state index in [2.05, 4.69) is 0 Å². The van der Waals surface area contributed by atoms with E-state index < -0.39 is 26.1 Å². The van der Waals surface area contributed by atoms with Crippen molar-refractivity contribution in [2.24, 2.45) is 0 Å². The number of rotatable bonds is 9. The van der Waals surface area contributed by atoms with Gasteiger partial charge in [0.15, 0.2) is 0 Å². The van der Waals surface area contributed by atoms with Gasteiger partial charge in [0.1, 0.15) is 0 Å². The first-order chi connectivity index (χ1) is 7.86. The number of phosphoric acid groups is 1. The van der Waals surface area contributed by atoms with Crippen LogP contribution in [0.2, 0.25) is 0 Å². The van der Waals surface area contributed by atoms with E-state index in [9.17, 15) is 4.57 Å². The third-order valence-electron chi connectivity index (χ3n) is 1.70. The first kappa shape index (κ1) is 17.0. The first-order valence-corrected chi connectivity index (χ1v) is 6.80. The summed E-state index contributed by atoms with van der Waals surface area (Å²) in [4.78, 5) is 0. The average Bonchev–Trinajstić information content (AvgIpc) is 2.27. The molecule has 0 aromatic rings. The van der Waals surface area contributed by atoms with Crippen LogP contribution in [0.25, 0.3) is 0 Å². The van der Waals surface area contributed by atoms with Crippen LogP contribution in [-0.4, -0.2) is 53.5 Å². The molecule has 0 saturated heterocycles. The Morgan fingerprint density at radius 1 is 0.824 bits per heavy atom. The van der Waals surface area contributed by atoms with Gasteiger partial charge in [0, 0.05) is 0 Å². The molecule has 0 spiro atoms. The van der Waals surface area contributed by atoms with Gasteiger partial charge < -0.3 is 15.3 Å². The molecule has 7 nitrogen and oxygen atoms in total. The molecule has 0 rings (SSSR count). The highest BCUT2D eigenvalue weighted by Crippen LogP contribution is 2.52. The van der Waals surface area contributed by atoms with Crippen LogP contribution in [0.5, 0.6) is 0 Å². The summed E-state index contributed by atoms with van der Waals surface area (Å²) in [5.74, 6) is 0. The van der Waals surface area contributed by atoms with E-state index in [4.69, 9.17) is 28.9 Å². The number of hydrogen-bond donors (Lipinski definition) is 3. The predicted molar refractivity (Wildman–Crippen MR) is 60.5 cm³/mol. The molecule has 0 aromatic heterocycles. The van der Waals surface area contributed by atoms with E-state index in [1.807, 2.05) is 0 Å². The van der Waals surface area contributed by atoms with E-state index in [1.165, 1.54) is 20.8 Å². The minimum atomic E-state index is -3.92. The summed E-state index contributed by atoms with van der Waals surface area (Å²) >= 11 is 0. The number of phosphoric ester groups is 1. The van der Waals surface area contributed by atoms with Crippen LogP contribution < -0.4 is 0 Å². The fourth-order valence-corrected chi connectivity index (χ4v) is 2.51. The second kappa shape index (κ2) is 8.16. The summed E-state index contributed by atoms with van der Waals surface area (Å²) in [6.07, 6.45) is -2.21. The molecule has 3 N–H and O–H groups in total. The average molecular weight is 272 g/mol. The lowest BCUT2D eigenvalue weighted by Gasteiger charge is -2.25. The highest BCUT2D eigenvalue weighted by Gasteiger charge is 2.33. The predicted octanol–water partition coefficient (Wildman–Crippen LogP) is 0.287. The van der Waals surface area contributed by atoms with E-state index in [-0.39, 0.29) is 19.8 Å². The van der Waals surface area contributed by atoms with E-state index in [0.29, 0.717) is 0 Å². The van der Waals surface area contributed by atoms with Crippen molar-refractivity contribution in [3.63, 3.8) is 0 Å². The zero-order valence-corrected chi connectivity index (χ0v) is 11.2. The van der Waals surface area contributed by atoms with Crippen molar-refractivity contribution in [1.29, 1.82) is 0 Å². The summed E-state index contributed by atoms with van der Waals surface area (Å²) in [5.41, 5.74) is 0. The fraction of sp³-hybridized carbons (Fsp3) is 1.00. The Balaban J connectivity index is 4.62. The summed E-state index contributed by atoms with van der Waals surface area (Å²) in [6, 6.07) is 0. The molecule has 0 radical (unpaired) electrons. The Bertz CT molecular complexity index is 209. The lowest BCUT2D eigenvalue weighted by atomic mass is 10.5. The molecule has 0 saturated carbocycles. The van der Waals surface area contributed by atoms with Crippen molar-refractivity contribution in [3.05, 3.63) is 0 Å². The normalized spacial score (nSPS) is 20.6. The highest BCUT2D eigenvalue weighted by atomic mass is 31.2. The van der Waals surface area contributed by atoms with Crippen molar-refractivity contribution in [2.75, 3.05) is 19.8 Å². The Hall–Kier alpha value is -0.0100. The topological polar surface area (TPSA) is 105 Å². The van der Waals surface area contributed by atoms with E-state index in [0.717, 1.165) is 0 Å². The maximum Gasteiger partial charge on any atom is 0.475 e. The minimum Gasteiger partial charge on any atom is -0.394 e. The summed E-state index contributed by atoms with van der Waals surface area (Å²) in [6.45, 7) is 3.43. The second-order valence-electron chi connectivity index (χ2n) is 3.74. The largest absolute Gasteiger partial charge is 0.475 e. The van der Waals surface area contributed by atoms with Crippen LogP contribution >= 0.6 is 7.82 Å². The fourth-order valence-electron chi connectivity index (χ4n) is 0.836. The van der Waals surface area contributed by atoms with Crippen LogP contribution in [0.4, 0.5) is 0 Å². The minimum absolute atomic E-state index is 0.349. The molecule has 17 heavy (non-hydrogen) atoms. The van der Waals surface area contributed by atoms with Gasteiger partial charge in [-0.05, 0) is 20.8 Å².